The van der Waals surface area contributed by atoms with Gasteiger partial charge in [-0.15, -0.1) is 11.8 Å². The molecule has 0 saturated heterocycles. The minimum Gasteiger partial charge on any atom is -0.507 e. The highest BCUT2D eigenvalue weighted by Crippen LogP contribution is 2.34. The molecule has 3 nitrogen and oxygen atoms in total. The van der Waals surface area contributed by atoms with Crippen LogP contribution in [0.15, 0.2) is 41.3 Å². The Hall–Kier alpha value is -1.94. The first kappa shape index (κ1) is 16.4. The molecule has 2 rings (SSSR count). The quantitative estimate of drug-likeness (QED) is 0.777. The lowest BCUT2D eigenvalue weighted by Gasteiger charge is -2.13. The van der Waals surface area contributed by atoms with Crippen molar-refractivity contribution < 1.29 is 15.0 Å². The van der Waals surface area contributed by atoms with Crippen molar-refractivity contribution in [2.24, 2.45) is 0 Å². The van der Waals surface area contributed by atoms with E-state index in [-0.39, 0.29) is 11.3 Å². The summed E-state index contributed by atoms with van der Waals surface area (Å²) < 4.78 is 0. The second-order valence-electron chi connectivity index (χ2n) is 5.61. The van der Waals surface area contributed by atoms with E-state index >= 15 is 0 Å². The summed E-state index contributed by atoms with van der Waals surface area (Å²) in [5.74, 6) is -0.274. The maximum atomic E-state index is 11.2. The summed E-state index contributed by atoms with van der Waals surface area (Å²) in [5.41, 5.74) is 2.72. The van der Waals surface area contributed by atoms with E-state index in [9.17, 15) is 9.90 Å². The maximum absolute atomic E-state index is 11.2. The van der Waals surface area contributed by atoms with E-state index in [1.807, 2.05) is 25.1 Å². The molecule has 4 heteroatoms. The third-order valence-corrected chi connectivity index (χ3v) is 4.63. The van der Waals surface area contributed by atoms with E-state index < -0.39 is 5.97 Å². The molecule has 0 spiro atoms. The van der Waals surface area contributed by atoms with Crippen molar-refractivity contribution in [2.45, 2.75) is 37.3 Å². The molecule has 2 N–H and O–H groups in total. The Kier molecular flexibility index (Phi) is 5.14. The molecule has 0 bridgehead atoms. The number of hydrogen-bond acceptors (Lipinski definition) is 3. The van der Waals surface area contributed by atoms with Crippen LogP contribution in [0.5, 0.6) is 5.75 Å². The van der Waals surface area contributed by atoms with Crippen molar-refractivity contribution in [1.82, 2.24) is 0 Å². The first-order valence-corrected chi connectivity index (χ1v) is 8.16. The largest absolute Gasteiger partial charge is 0.507 e. The molecule has 0 fully saturated rings. The highest BCUT2D eigenvalue weighted by molar-refractivity contribution is 7.98. The highest BCUT2D eigenvalue weighted by Gasteiger charge is 2.15. The fraction of sp³-hybridized carbons (Fsp3) is 0.278. The van der Waals surface area contributed by atoms with Gasteiger partial charge in [0.2, 0.25) is 0 Å². The van der Waals surface area contributed by atoms with Gasteiger partial charge in [-0.2, -0.15) is 0 Å². The number of aromatic hydroxyl groups is 1. The lowest BCUT2D eigenvalue weighted by Crippen LogP contribution is -2.00. The number of carboxylic acid groups (broad SMARTS) is 1. The van der Waals surface area contributed by atoms with Crippen LogP contribution >= 0.6 is 11.8 Å². The van der Waals surface area contributed by atoms with Crippen LogP contribution in [0.3, 0.4) is 0 Å². The topological polar surface area (TPSA) is 57.5 Å². The van der Waals surface area contributed by atoms with Gasteiger partial charge < -0.3 is 10.2 Å². The first-order chi connectivity index (χ1) is 10.4. The van der Waals surface area contributed by atoms with Crippen LogP contribution in [0.25, 0.3) is 0 Å². The van der Waals surface area contributed by atoms with Gasteiger partial charge in [-0.3, -0.25) is 0 Å². The molecule has 2 aromatic rings. The van der Waals surface area contributed by atoms with Crippen molar-refractivity contribution in [2.75, 3.05) is 0 Å². The number of carbonyl (C=O) groups is 1. The second kappa shape index (κ2) is 6.88. The molecule has 0 heterocycles. The molecule has 0 aliphatic carbocycles. The normalized spacial score (nSPS) is 10.9. The lowest BCUT2D eigenvalue weighted by molar-refractivity contribution is 0.0693. The molecule has 22 heavy (non-hydrogen) atoms. The number of phenols is 1. The minimum absolute atomic E-state index is 0.0345. The molecule has 0 saturated carbocycles. The number of benzene rings is 2. The van der Waals surface area contributed by atoms with Crippen LogP contribution in [-0.2, 0) is 5.75 Å². The van der Waals surface area contributed by atoms with Gasteiger partial charge in [-0.05, 0) is 36.1 Å². The SMILES string of the molecule is Cc1cc(CSc2ccccc2C(C)C)c(O)c(C(=O)O)c1. The summed E-state index contributed by atoms with van der Waals surface area (Å²) >= 11 is 1.62. The molecule has 0 atom stereocenters. The van der Waals surface area contributed by atoms with Gasteiger partial charge in [-0.1, -0.05) is 38.1 Å². The van der Waals surface area contributed by atoms with E-state index in [4.69, 9.17) is 5.11 Å². The first-order valence-electron chi connectivity index (χ1n) is 7.17. The third kappa shape index (κ3) is 3.63. The Bertz CT molecular complexity index is 693. The van der Waals surface area contributed by atoms with Gasteiger partial charge >= 0.3 is 5.97 Å². The number of hydrogen-bond donors (Lipinski definition) is 2. The van der Waals surface area contributed by atoms with Crippen LogP contribution in [0.2, 0.25) is 0 Å². The molecule has 0 aromatic heterocycles. The van der Waals surface area contributed by atoms with Crippen molar-refractivity contribution >= 4 is 17.7 Å². The lowest BCUT2D eigenvalue weighted by atomic mass is 10.0. The average molecular weight is 316 g/mol. The molecular formula is C18H20O3S. The van der Waals surface area contributed by atoms with Gasteiger partial charge in [0, 0.05) is 16.2 Å². The van der Waals surface area contributed by atoms with Gasteiger partial charge in [0.1, 0.15) is 11.3 Å². The number of aromatic carboxylic acids is 1. The molecule has 0 aliphatic heterocycles. The zero-order valence-electron chi connectivity index (χ0n) is 13.0. The smallest absolute Gasteiger partial charge is 0.339 e. The van der Waals surface area contributed by atoms with Crippen LogP contribution in [-0.4, -0.2) is 16.2 Å². The second-order valence-corrected chi connectivity index (χ2v) is 6.62. The fourth-order valence-corrected chi connectivity index (χ4v) is 3.55. The Morgan fingerprint density at radius 2 is 1.91 bits per heavy atom. The van der Waals surface area contributed by atoms with Crippen LogP contribution < -0.4 is 0 Å². The molecule has 0 radical (unpaired) electrons. The van der Waals surface area contributed by atoms with Gasteiger partial charge in [-0.25, -0.2) is 4.79 Å². The molecular weight excluding hydrogens is 296 g/mol. The fourth-order valence-electron chi connectivity index (χ4n) is 2.37. The van der Waals surface area contributed by atoms with Crippen LogP contribution in [0, 0.1) is 6.92 Å². The molecule has 0 unspecified atom stereocenters. The minimum atomic E-state index is -1.10. The van der Waals surface area contributed by atoms with E-state index in [0.717, 1.165) is 10.5 Å². The summed E-state index contributed by atoms with van der Waals surface area (Å²) in [6, 6.07) is 11.5. The number of carboxylic acids is 1. The van der Waals surface area contributed by atoms with Crippen LogP contribution in [0.4, 0.5) is 0 Å². The van der Waals surface area contributed by atoms with Gasteiger partial charge in [0.25, 0.3) is 0 Å². The maximum Gasteiger partial charge on any atom is 0.339 e. The average Bonchev–Trinajstić information content (AvgIpc) is 2.47. The number of rotatable bonds is 5. The van der Waals surface area contributed by atoms with Crippen molar-refractivity contribution in [3.8, 4) is 5.75 Å². The van der Waals surface area contributed by atoms with Crippen LogP contribution in [0.1, 0.15) is 46.8 Å². The third-order valence-electron chi connectivity index (χ3n) is 3.49. The Morgan fingerprint density at radius 3 is 2.55 bits per heavy atom. The van der Waals surface area contributed by atoms with E-state index in [2.05, 4.69) is 26.0 Å². The zero-order chi connectivity index (χ0) is 16.3. The van der Waals surface area contributed by atoms with Crippen molar-refractivity contribution in [1.29, 1.82) is 0 Å². The molecule has 2 aromatic carbocycles. The summed E-state index contributed by atoms with van der Waals surface area (Å²) in [6.45, 7) is 6.13. The Morgan fingerprint density at radius 1 is 1.23 bits per heavy atom. The monoisotopic (exact) mass is 316 g/mol. The summed E-state index contributed by atoms with van der Waals surface area (Å²) in [7, 11) is 0. The number of aryl methyl sites for hydroxylation is 1. The Balaban J connectivity index is 2.28. The Labute approximate surface area is 135 Å². The zero-order valence-corrected chi connectivity index (χ0v) is 13.8. The predicted octanol–water partition coefficient (Wildman–Crippen LogP) is 4.81. The molecule has 116 valence electrons. The van der Waals surface area contributed by atoms with Gasteiger partial charge in [0.05, 0.1) is 0 Å². The van der Waals surface area contributed by atoms with E-state index in [1.54, 1.807) is 11.8 Å². The van der Waals surface area contributed by atoms with Gasteiger partial charge in [0.15, 0.2) is 0 Å². The summed E-state index contributed by atoms with van der Waals surface area (Å²) in [6.07, 6.45) is 0. The van der Waals surface area contributed by atoms with E-state index in [1.165, 1.54) is 11.6 Å². The highest BCUT2D eigenvalue weighted by atomic mass is 32.2. The summed E-state index contributed by atoms with van der Waals surface area (Å²) in [4.78, 5) is 12.3. The van der Waals surface area contributed by atoms with E-state index in [0.29, 0.717) is 17.2 Å². The standard InChI is InChI=1S/C18H20O3S/c1-11(2)14-6-4-5-7-16(14)22-10-13-8-12(3)9-15(17(13)19)18(20)21/h4-9,11,19H,10H2,1-3H3,(H,20,21). The molecule has 0 amide bonds. The van der Waals surface area contributed by atoms with Crippen molar-refractivity contribution in [3.63, 3.8) is 0 Å². The summed E-state index contributed by atoms with van der Waals surface area (Å²) in [5, 5.41) is 19.3. The van der Waals surface area contributed by atoms with Crippen molar-refractivity contribution in [3.05, 3.63) is 58.7 Å². The molecule has 0 aliphatic rings. The number of thioether (sulfide) groups is 1. The predicted molar refractivity (Wildman–Crippen MR) is 89.9 cm³/mol.